The summed E-state index contributed by atoms with van der Waals surface area (Å²) in [6.45, 7) is 7.86. The summed E-state index contributed by atoms with van der Waals surface area (Å²) in [6, 6.07) is 0. The predicted molar refractivity (Wildman–Crippen MR) is 82.5 cm³/mol. The summed E-state index contributed by atoms with van der Waals surface area (Å²) >= 11 is 0. The van der Waals surface area contributed by atoms with E-state index in [0.29, 0.717) is 17.4 Å². The monoisotopic (exact) mass is 321 g/mol. The minimum atomic E-state index is -3.89. The lowest BCUT2D eigenvalue weighted by molar-refractivity contribution is -0.916. The molecule has 7 heteroatoms. The summed E-state index contributed by atoms with van der Waals surface area (Å²) in [5.41, 5.74) is 0. The molecule has 2 atom stereocenters. The average Bonchev–Trinajstić information content (AvgIpc) is 2.38. The van der Waals surface area contributed by atoms with Crippen molar-refractivity contribution in [2.45, 2.75) is 33.1 Å². The Morgan fingerprint density at radius 3 is 2.48 bits per heavy atom. The van der Waals surface area contributed by atoms with Crippen LogP contribution in [0.4, 0.5) is 0 Å². The largest absolute Gasteiger partial charge is 0.343 e. The molecular formula is C14H29N2O4S+. The summed E-state index contributed by atoms with van der Waals surface area (Å²) in [7, 11) is -1.81. The molecule has 124 valence electrons. The van der Waals surface area contributed by atoms with Gasteiger partial charge in [-0.15, -0.1) is 0 Å². The number of hydrogen-bond acceptors (Lipinski definition) is 3. The molecule has 1 rings (SSSR count). The van der Waals surface area contributed by atoms with Gasteiger partial charge < -0.3 is 9.38 Å². The third-order valence-electron chi connectivity index (χ3n) is 4.44. The third-order valence-corrected chi connectivity index (χ3v) is 5.24. The van der Waals surface area contributed by atoms with Crippen molar-refractivity contribution in [1.82, 2.24) is 4.90 Å². The first-order valence-electron chi connectivity index (χ1n) is 7.78. The third kappa shape index (κ3) is 5.92. The van der Waals surface area contributed by atoms with Gasteiger partial charge in [-0.1, -0.05) is 0 Å². The van der Waals surface area contributed by atoms with E-state index in [1.807, 2.05) is 18.7 Å². The molecule has 0 bridgehead atoms. The highest BCUT2D eigenvalue weighted by molar-refractivity contribution is 7.85. The van der Waals surface area contributed by atoms with Crippen molar-refractivity contribution in [3.05, 3.63) is 0 Å². The quantitative estimate of drug-likeness (QED) is 0.560. The van der Waals surface area contributed by atoms with E-state index in [9.17, 15) is 13.2 Å². The van der Waals surface area contributed by atoms with Crippen molar-refractivity contribution >= 4 is 16.0 Å². The maximum absolute atomic E-state index is 12.5. The Kier molecular flexibility index (Phi) is 6.62. The first kappa shape index (κ1) is 18.4. The van der Waals surface area contributed by atoms with Gasteiger partial charge in [0.2, 0.25) is 5.91 Å². The summed E-state index contributed by atoms with van der Waals surface area (Å²) < 4.78 is 31.1. The van der Waals surface area contributed by atoms with Gasteiger partial charge in [-0.3, -0.25) is 9.35 Å². The molecule has 21 heavy (non-hydrogen) atoms. The minimum Gasteiger partial charge on any atom is -0.343 e. The van der Waals surface area contributed by atoms with Gasteiger partial charge in [0.25, 0.3) is 10.1 Å². The Labute approximate surface area is 128 Å². The Balaban J connectivity index is 2.59. The number of piperidine rings is 1. The van der Waals surface area contributed by atoms with Gasteiger partial charge in [-0.05, 0) is 26.7 Å². The number of hydrogen-bond donors (Lipinski definition) is 1. The van der Waals surface area contributed by atoms with Gasteiger partial charge >= 0.3 is 0 Å². The van der Waals surface area contributed by atoms with E-state index in [1.54, 1.807) is 0 Å². The first-order chi connectivity index (χ1) is 9.71. The maximum atomic E-state index is 12.5. The van der Waals surface area contributed by atoms with Crippen LogP contribution >= 0.6 is 0 Å². The van der Waals surface area contributed by atoms with Gasteiger partial charge in [0, 0.05) is 19.5 Å². The average molecular weight is 321 g/mol. The molecule has 0 aliphatic carbocycles. The van der Waals surface area contributed by atoms with Crippen LogP contribution in [0.2, 0.25) is 0 Å². The molecule has 6 nitrogen and oxygen atoms in total. The molecule has 1 aliphatic heterocycles. The van der Waals surface area contributed by atoms with Gasteiger partial charge in [0.15, 0.2) is 0 Å². The lowest BCUT2D eigenvalue weighted by atomic mass is 9.94. The van der Waals surface area contributed by atoms with Crippen LogP contribution in [0.5, 0.6) is 0 Å². The highest BCUT2D eigenvalue weighted by Gasteiger charge is 2.36. The fourth-order valence-electron chi connectivity index (χ4n) is 3.26. The van der Waals surface area contributed by atoms with E-state index in [4.69, 9.17) is 4.55 Å². The molecule has 1 N–H and O–H groups in total. The molecule has 1 heterocycles. The number of carbonyl (C=O) groups is 1. The first-order valence-corrected chi connectivity index (χ1v) is 9.39. The van der Waals surface area contributed by atoms with E-state index in [1.165, 1.54) is 0 Å². The minimum absolute atomic E-state index is 0.0365. The normalized spacial score (nSPS) is 26.6. The lowest BCUT2D eigenvalue weighted by Gasteiger charge is -2.42. The molecule has 0 radical (unpaired) electrons. The van der Waals surface area contributed by atoms with Crippen LogP contribution in [-0.4, -0.2) is 73.8 Å². The van der Waals surface area contributed by atoms with Crippen molar-refractivity contribution in [2.75, 3.05) is 45.5 Å². The van der Waals surface area contributed by atoms with Crippen molar-refractivity contribution in [2.24, 2.45) is 5.92 Å². The van der Waals surface area contributed by atoms with E-state index in [-0.39, 0.29) is 17.6 Å². The van der Waals surface area contributed by atoms with E-state index < -0.39 is 10.1 Å². The SMILES string of the molecule is CCN(CC)C(=O)C1CCC[N+](C)(CCCS(=O)(=O)O)C1. The van der Waals surface area contributed by atoms with Crippen molar-refractivity contribution < 1.29 is 22.2 Å². The number of quaternary nitrogens is 1. The van der Waals surface area contributed by atoms with Gasteiger partial charge in [-0.25, -0.2) is 0 Å². The van der Waals surface area contributed by atoms with E-state index in [0.717, 1.165) is 39.0 Å². The zero-order chi connectivity index (χ0) is 16.1. The molecule has 0 saturated carbocycles. The maximum Gasteiger partial charge on any atom is 0.265 e. The van der Waals surface area contributed by atoms with E-state index in [2.05, 4.69) is 7.05 Å². The number of rotatable bonds is 7. The van der Waals surface area contributed by atoms with Crippen LogP contribution in [0, 0.1) is 5.92 Å². The predicted octanol–water partition coefficient (Wildman–Crippen LogP) is 0.989. The summed E-state index contributed by atoms with van der Waals surface area (Å²) in [5, 5.41) is 0. The van der Waals surface area contributed by atoms with Crippen LogP contribution in [0.15, 0.2) is 0 Å². The Bertz CT molecular complexity index is 448. The summed E-state index contributed by atoms with van der Waals surface area (Å²) in [4.78, 5) is 14.3. The number of nitrogens with zero attached hydrogens (tertiary/aromatic N) is 2. The van der Waals surface area contributed by atoms with Crippen LogP contribution in [0.25, 0.3) is 0 Å². The zero-order valence-electron chi connectivity index (χ0n) is 13.4. The number of carbonyl (C=O) groups excluding carboxylic acids is 1. The number of likely N-dealkylation sites (tertiary alicyclic amines) is 1. The fourth-order valence-corrected chi connectivity index (χ4v) is 3.75. The molecule has 1 saturated heterocycles. The molecule has 0 aromatic carbocycles. The summed E-state index contributed by atoms with van der Waals surface area (Å²) in [5.74, 6) is 0.0587. The van der Waals surface area contributed by atoms with Crippen molar-refractivity contribution in [3.63, 3.8) is 0 Å². The Hall–Kier alpha value is -0.660. The van der Waals surface area contributed by atoms with Gasteiger partial charge in [0.1, 0.15) is 0 Å². The van der Waals surface area contributed by atoms with Crippen LogP contribution in [0.1, 0.15) is 33.1 Å². The molecule has 1 amide bonds. The van der Waals surface area contributed by atoms with Gasteiger partial charge in [-0.2, -0.15) is 8.42 Å². The molecule has 0 aromatic heterocycles. The molecule has 2 unspecified atom stereocenters. The van der Waals surface area contributed by atoms with E-state index >= 15 is 0 Å². The van der Waals surface area contributed by atoms with Crippen molar-refractivity contribution in [1.29, 1.82) is 0 Å². The Morgan fingerprint density at radius 2 is 1.95 bits per heavy atom. The van der Waals surface area contributed by atoms with Crippen LogP contribution < -0.4 is 0 Å². The standard InChI is InChI=1S/C14H28N2O4S/c1-4-15(5-2)14(17)13-8-6-9-16(3,12-13)10-7-11-21(18,19)20/h13H,4-12H2,1-3H3/p+1. The van der Waals surface area contributed by atoms with Gasteiger partial charge in [0.05, 0.1) is 38.4 Å². The second-order valence-electron chi connectivity index (χ2n) is 6.24. The fraction of sp³-hybridized carbons (Fsp3) is 0.929. The lowest BCUT2D eigenvalue weighted by Crippen LogP contribution is -2.55. The molecule has 1 aliphatic rings. The molecule has 0 spiro atoms. The molecule has 0 aromatic rings. The Morgan fingerprint density at radius 1 is 1.33 bits per heavy atom. The smallest absolute Gasteiger partial charge is 0.265 e. The van der Waals surface area contributed by atoms with Crippen LogP contribution in [-0.2, 0) is 14.9 Å². The molecule has 1 fully saturated rings. The molecular weight excluding hydrogens is 292 g/mol. The number of amides is 1. The second-order valence-corrected chi connectivity index (χ2v) is 7.81. The van der Waals surface area contributed by atoms with Crippen molar-refractivity contribution in [3.8, 4) is 0 Å². The second kappa shape index (κ2) is 7.56. The van der Waals surface area contributed by atoms with Crippen LogP contribution in [0.3, 0.4) is 0 Å². The highest BCUT2D eigenvalue weighted by Crippen LogP contribution is 2.24. The highest BCUT2D eigenvalue weighted by atomic mass is 32.2. The zero-order valence-corrected chi connectivity index (χ0v) is 14.2. The topological polar surface area (TPSA) is 74.7 Å². The summed E-state index contributed by atoms with van der Waals surface area (Å²) in [6.07, 6.45) is 2.34.